The van der Waals surface area contributed by atoms with Crippen molar-refractivity contribution < 1.29 is 9.47 Å². The van der Waals surface area contributed by atoms with E-state index >= 15 is 0 Å². The molecular formula is C14H18BrNO2. The van der Waals surface area contributed by atoms with Crippen molar-refractivity contribution in [3.63, 3.8) is 0 Å². The van der Waals surface area contributed by atoms with Gasteiger partial charge in [-0.15, -0.1) is 0 Å². The molecule has 98 valence electrons. The minimum Gasteiger partial charge on any atom is -0.486 e. The Balaban J connectivity index is 1.98. The molecule has 4 heteroatoms. The van der Waals surface area contributed by atoms with E-state index in [0.29, 0.717) is 5.92 Å². The van der Waals surface area contributed by atoms with Crippen LogP contribution in [0.25, 0.3) is 0 Å². The first kappa shape index (κ1) is 12.5. The molecule has 0 aliphatic carbocycles. The Kier molecular flexibility index (Phi) is 3.12. The molecule has 0 saturated carbocycles. The van der Waals surface area contributed by atoms with Gasteiger partial charge in [0.2, 0.25) is 0 Å². The van der Waals surface area contributed by atoms with Gasteiger partial charge in [0.15, 0.2) is 0 Å². The van der Waals surface area contributed by atoms with Crippen molar-refractivity contribution in [2.75, 3.05) is 13.2 Å². The number of fused-ring (bicyclic) bond motifs is 1. The van der Waals surface area contributed by atoms with Gasteiger partial charge in [0, 0.05) is 34.8 Å². The minimum absolute atomic E-state index is 0.0480. The number of hydrogen-bond donors (Lipinski definition) is 1. The smallest absolute Gasteiger partial charge is 0.125 e. The summed E-state index contributed by atoms with van der Waals surface area (Å²) in [5.41, 5.74) is 7.31. The number of ether oxygens (including phenoxy) is 2. The summed E-state index contributed by atoms with van der Waals surface area (Å²) in [7, 11) is 0. The first-order valence-electron chi connectivity index (χ1n) is 6.42. The Morgan fingerprint density at radius 3 is 3.06 bits per heavy atom. The summed E-state index contributed by atoms with van der Waals surface area (Å²) >= 11 is 3.49. The van der Waals surface area contributed by atoms with E-state index in [4.69, 9.17) is 15.2 Å². The fourth-order valence-corrected chi connectivity index (χ4v) is 3.38. The van der Waals surface area contributed by atoms with Crippen LogP contribution in [0.15, 0.2) is 22.7 Å². The van der Waals surface area contributed by atoms with Gasteiger partial charge in [-0.05, 0) is 18.2 Å². The summed E-state index contributed by atoms with van der Waals surface area (Å²) < 4.78 is 12.9. The van der Waals surface area contributed by atoms with Gasteiger partial charge in [-0.1, -0.05) is 22.9 Å². The molecular weight excluding hydrogens is 294 g/mol. The third-order valence-electron chi connectivity index (χ3n) is 4.19. The van der Waals surface area contributed by atoms with Crippen LogP contribution in [0.3, 0.4) is 0 Å². The van der Waals surface area contributed by atoms with Gasteiger partial charge in [0.05, 0.1) is 13.2 Å². The Bertz CT molecular complexity index is 465. The summed E-state index contributed by atoms with van der Waals surface area (Å²) in [5.74, 6) is 1.32. The average molecular weight is 312 g/mol. The van der Waals surface area contributed by atoms with Crippen molar-refractivity contribution in [1.82, 2.24) is 0 Å². The molecule has 2 heterocycles. The Morgan fingerprint density at radius 2 is 2.28 bits per heavy atom. The Labute approximate surface area is 116 Å². The van der Waals surface area contributed by atoms with Gasteiger partial charge in [-0.25, -0.2) is 0 Å². The molecule has 1 spiro atoms. The van der Waals surface area contributed by atoms with Gasteiger partial charge in [0.25, 0.3) is 0 Å². The highest BCUT2D eigenvalue weighted by Crippen LogP contribution is 2.45. The number of benzene rings is 1. The number of hydrogen-bond acceptors (Lipinski definition) is 3. The zero-order valence-electron chi connectivity index (χ0n) is 10.5. The van der Waals surface area contributed by atoms with Gasteiger partial charge >= 0.3 is 0 Å². The van der Waals surface area contributed by atoms with Crippen LogP contribution in [0.5, 0.6) is 5.75 Å². The molecule has 3 nitrogen and oxygen atoms in total. The lowest BCUT2D eigenvalue weighted by atomic mass is 9.76. The molecule has 2 N–H and O–H groups in total. The predicted octanol–water partition coefficient (Wildman–Crippen LogP) is 3.03. The second-order valence-corrected chi connectivity index (χ2v) is 6.30. The molecule has 1 aromatic carbocycles. The highest BCUT2D eigenvalue weighted by Gasteiger charge is 2.45. The summed E-state index contributed by atoms with van der Waals surface area (Å²) in [6.07, 6.45) is 1.80. The van der Waals surface area contributed by atoms with Crippen LogP contribution in [-0.4, -0.2) is 18.8 Å². The third-order valence-corrected chi connectivity index (χ3v) is 4.68. The first-order valence-corrected chi connectivity index (χ1v) is 7.22. The molecule has 18 heavy (non-hydrogen) atoms. The van der Waals surface area contributed by atoms with Gasteiger partial charge in [-0.2, -0.15) is 0 Å². The Morgan fingerprint density at radius 1 is 1.44 bits per heavy atom. The van der Waals surface area contributed by atoms with Crippen molar-refractivity contribution >= 4 is 15.9 Å². The van der Waals surface area contributed by atoms with Crippen LogP contribution in [0.2, 0.25) is 0 Å². The van der Waals surface area contributed by atoms with Crippen molar-refractivity contribution in [3.05, 3.63) is 28.2 Å². The molecule has 3 rings (SSSR count). The van der Waals surface area contributed by atoms with Crippen LogP contribution < -0.4 is 10.5 Å². The second kappa shape index (κ2) is 4.51. The maximum absolute atomic E-state index is 6.34. The van der Waals surface area contributed by atoms with Crippen LogP contribution in [0.1, 0.15) is 31.4 Å². The van der Waals surface area contributed by atoms with Crippen LogP contribution in [0.4, 0.5) is 0 Å². The normalized spacial score (nSPS) is 35.1. The van der Waals surface area contributed by atoms with Crippen molar-refractivity contribution in [2.24, 2.45) is 11.7 Å². The fourth-order valence-electron chi connectivity index (χ4n) is 3.00. The standard InChI is InChI=1S/C14H18BrNO2/c1-9-8-17-5-4-14(9)7-12(16)11-6-10(15)2-3-13(11)18-14/h2-3,6,9,12H,4-5,7-8,16H2,1H3/t9?,12-,14?/m0/s1. The third kappa shape index (κ3) is 1.96. The monoisotopic (exact) mass is 311 g/mol. The SMILES string of the molecule is CC1COCCC12C[C@H](N)c1cc(Br)ccc1O2. The predicted molar refractivity (Wildman–Crippen MR) is 73.6 cm³/mol. The molecule has 2 aliphatic rings. The highest BCUT2D eigenvalue weighted by atomic mass is 79.9. The average Bonchev–Trinajstić information content (AvgIpc) is 2.34. The van der Waals surface area contributed by atoms with E-state index in [1.807, 2.05) is 12.1 Å². The lowest BCUT2D eigenvalue weighted by Crippen LogP contribution is -2.52. The second-order valence-electron chi connectivity index (χ2n) is 5.39. The zero-order chi connectivity index (χ0) is 12.8. The van der Waals surface area contributed by atoms with E-state index in [1.165, 1.54) is 0 Å². The lowest BCUT2D eigenvalue weighted by Gasteiger charge is -2.47. The Hall–Kier alpha value is -0.580. The quantitative estimate of drug-likeness (QED) is 0.801. The molecule has 1 fully saturated rings. The highest BCUT2D eigenvalue weighted by molar-refractivity contribution is 9.10. The van der Waals surface area contributed by atoms with Gasteiger partial charge in [0.1, 0.15) is 11.4 Å². The number of halogens is 1. The first-order chi connectivity index (χ1) is 8.61. The van der Waals surface area contributed by atoms with E-state index in [9.17, 15) is 0 Å². The zero-order valence-corrected chi connectivity index (χ0v) is 12.1. The van der Waals surface area contributed by atoms with E-state index in [-0.39, 0.29) is 11.6 Å². The molecule has 3 atom stereocenters. The maximum Gasteiger partial charge on any atom is 0.125 e. The maximum atomic E-state index is 6.34. The molecule has 0 radical (unpaired) electrons. The van der Waals surface area contributed by atoms with Crippen molar-refractivity contribution in [3.8, 4) is 5.75 Å². The molecule has 2 unspecified atom stereocenters. The van der Waals surface area contributed by atoms with E-state index in [1.54, 1.807) is 0 Å². The lowest BCUT2D eigenvalue weighted by molar-refractivity contribution is -0.103. The molecule has 0 amide bonds. The number of nitrogens with two attached hydrogens (primary N) is 1. The van der Waals surface area contributed by atoms with E-state index in [0.717, 1.165) is 41.8 Å². The molecule has 2 aliphatic heterocycles. The summed E-state index contributed by atoms with van der Waals surface area (Å²) in [6.45, 7) is 3.72. The van der Waals surface area contributed by atoms with Crippen LogP contribution in [-0.2, 0) is 4.74 Å². The molecule has 0 bridgehead atoms. The summed E-state index contributed by atoms with van der Waals surface area (Å²) in [5, 5.41) is 0. The van der Waals surface area contributed by atoms with E-state index < -0.39 is 0 Å². The largest absolute Gasteiger partial charge is 0.486 e. The topological polar surface area (TPSA) is 44.5 Å². The van der Waals surface area contributed by atoms with Crippen LogP contribution >= 0.6 is 15.9 Å². The van der Waals surface area contributed by atoms with Crippen molar-refractivity contribution in [2.45, 2.75) is 31.4 Å². The number of rotatable bonds is 0. The molecule has 1 aromatic rings. The summed E-state index contributed by atoms with van der Waals surface area (Å²) in [6, 6.07) is 6.14. The molecule has 0 aromatic heterocycles. The van der Waals surface area contributed by atoms with Crippen LogP contribution in [0, 0.1) is 5.92 Å². The fraction of sp³-hybridized carbons (Fsp3) is 0.571. The van der Waals surface area contributed by atoms with Gasteiger partial charge in [-0.3, -0.25) is 0 Å². The summed E-state index contributed by atoms with van der Waals surface area (Å²) in [4.78, 5) is 0. The van der Waals surface area contributed by atoms with E-state index in [2.05, 4.69) is 28.9 Å². The van der Waals surface area contributed by atoms with Gasteiger partial charge < -0.3 is 15.2 Å². The van der Waals surface area contributed by atoms with Crippen molar-refractivity contribution in [1.29, 1.82) is 0 Å². The minimum atomic E-state index is -0.140. The molecule has 1 saturated heterocycles.